The molecule has 0 amide bonds. The van der Waals surface area contributed by atoms with Gasteiger partial charge in [-0.3, -0.25) is 9.97 Å². The van der Waals surface area contributed by atoms with Crippen LogP contribution in [0.2, 0.25) is 0 Å². The van der Waals surface area contributed by atoms with E-state index in [1.165, 1.54) is 6.07 Å². The van der Waals surface area contributed by atoms with Crippen molar-refractivity contribution in [2.75, 3.05) is 6.61 Å². The fraction of sp³-hybridized carbons (Fsp3) is 0.190. The number of aromatic nitrogens is 4. The first-order valence-corrected chi connectivity index (χ1v) is 9.06. The van der Waals surface area contributed by atoms with Crippen molar-refractivity contribution in [2.45, 2.75) is 18.9 Å². The highest BCUT2D eigenvalue weighted by Crippen LogP contribution is 2.24. The first-order valence-electron chi connectivity index (χ1n) is 9.06. The fourth-order valence-electron chi connectivity index (χ4n) is 3.27. The van der Waals surface area contributed by atoms with E-state index < -0.39 is 11.9 Å². The van der Waals surface area contributed by atoms with Crippen LogP contribution in [0.25, 0.3) is 16.6 Å². The van der Waals surface area contributed by atoms with Crippen molar-refractivity contribution < 1.29 is 9.50 Å². The molecule has 0 aliphatic carbocycles. The van der Waals surface area contributed by atoms with Gasteiger partial charge in [-0.15, -0.1) is 0 Å². The topological polar surface area (TPSA) is 89.9 Å². The summed E-state index contributed by atoms with van der Waals surface area (Å²) in [7, 11) is 0. The number of nitrogens with zero attached hydrogens (tertiary/aromatic N) is 4. The lowest BCUT2D eigenvalue weighted by atomic mass is 10.0. The van der Waals surface area contributed by atoms with E-state index in [2.05, 4.69) is 15.1 Å². The van der Waals surface area contributed by atoms with Gasteiger partial charge in [-0.25, -0.2) is 9.07 Å². The van der Waals surface area contributed by atoms with Gasteiger partial charge in [0.15, 0.2) is 0 Å². The van der Waals surface area contributed by atoms with Crippen molar-refractivity contribution >= 4 is 10.9 Å². The Morgan fingerprint density at radius 3 is 2.82 bits per heavy atom. The molecule has 3 heterocycles. The molecule has 6 nitrogen and oxygen atoms in total. The highest BCUT2D eigenvalue weighted by molar-refractivity contribution is 5.80. The Morgan fingerprint density at radius 2 is 1.96 bits per heavy atom. The summed E-state index contributed by atoms with van der Waals surface area (Å²) in [6.45, 7) is -0.0408. The molecule has 0 radical (unpaired) electrons. The van der Waals surface area contributed by atoms with Crippen LogP contribution in [-0.2, 0) is 12.8 Å². The van der Waals surface area contributed by atoms with Crippen molar-refractivity contribution in [1.82, 2.24) is 19.7 Å². The summed E-state index contributed by atoms with van der Waals surface area (Å²) in [5.41, 5.74) is 9.62. The Labute approximate surface area is 161 Å². The Hall–Kier alpha value is -3.16. The summed E-state index contributed by atoms with van der Waals surface area (Å²) >= 11 is 0. The highest BCUT2D eigenvalue weighted by Gasteiger charge is 2.19. The molecule has 1 atom stereocenters. The minimum atomic E-state index is -0.564. The molecule has 3 aromatic heterocycles. The maximum atomic E-state index is 14.2. The molecule has 0 fully saturated rings. The van der Waals surface area contributed by atoms with E-state index in [9.17, 15) is 4.39 Å². The van der Waals surface area contributed by atoms with Gasteiger partial charge in [0.1, 0.15) is 5.82 Å². The summed E-state index contributed by atoms with van der Waals surface area (Å²) in [4.78, 5) is 8.75. The number of fused-ring (bicyclic) bond motifs is 1. The van der Waals surface area contributed by atoms with Crippen LogP contribution < -0.4 is 5.73 Å². The van der Waals surface area contributed by atoms with Crippen LogP contribution in [0.3, 0.4) is 0 Å². The lowest BCUT2D eigenvalue weighted by molar-refractivity contribution is 0.298. The smallest absolute Gasteiger partial charge is 0.144 e. The SMILES string of the molecule is NC(Cc1nc(CCO)ccc1F)c1ncccc1-n1ncc2ccccc21. The molecule has 0 spiro atoms. The van der Waals surface area contributed by atoms with E-state index in [0.717, 1.165) is 16.6 Å². The molecule has 0 aliphatic heterocycles. The number of benzene rings is 1. The Balaban J connectivity index is 1.70. The van der Waals surface area contributed by atoms with Crippen LogP contribution in [0.4, 0.5) is 4.39 Å². The number of para-hydroxylation sites is 1. The summed E-state index contributed by atoms with van der Waals surface area (Å²) in [5.74, 6) is -0.417. The Morgan fingerprint density at radius 1 is 1.11 bits per heavy atom. The largest absolute Gasteiger partial charge is 0.396 e. The van der Waals surface area contributed by atoms with Gasteiger partial charge in [-0.05, 0) is 30.3 Å². The zero-order valence-electron chi connectivity index (χ0n) is 15.2. The summed E-state index contributed by atoms with van der Waals surface area (Å²) in [5, 5.41) is 14.6. The molecule has 1 aromatic carbocycles. The predicted octanol–water partition coefficient (Wildman–Crippen LogP) is 2.73. The second-order valence-electron chi connectivity index (χ2n) is 6.54. The Kier molecular flexibility index (Phi) is 5.10. The summed E-state index contributed by atoms with van der Waals surface area (Å²) in [6, 6.07) is 14.0. The van der Waals surface area contributed by atoms with Gasteiger partial charge < -0.3 is 10.8 Å². The van der Waals surface area contributed by atoms with Crippen LogP contribution in [0.5, 0.6) is 0 Å². The van der Waals surface area contributed by atoms with E-state index in [-0.39, 0.29) is 18.7 Å². The Bertz CT molecular complexity index is 1110. The number of nitrogens with two attached hydrogens (primary N) is 1. The molecule has 4 aromatic rings. The number of aliphatic hydroxyl groups is 1. The molecule has 4 rings (SSSR count). The molecule has 7 heteroatoms. The zero-order chi connectivity index (χ0) is 19.5. The second-order valence-corrected chi connectivity index (χ2v) is 6.54. The van der Waals surface area contributed by atoms with Crippen LogP contribution in [-0.4, -0.2) is 31.5 Å². The van der Waals surface area contributed by atoms with E-state index in [1.807, 2.05) is 36.4 Å². The van der Waals surface area contributed by atoms with E-state index in [0.29, 0.717) is 17.8 Å². The second kappa shape index (κ2) is 7.84. The van der Waals surface area contributed by atoms with E-state index >= 15 is 0 Å². The van der Waals surface area contributed by atoms with Crippen molar-refractivity contribution in [3.63, 3.8) is 0 Å². The molecular formula is C21H20FN5O. The minimum absolute atomic E-state index is 0.0408. The normalized spacial score (nSPS) is 12.4. The van der Waals surface area contributed by atoms with Gasteiger partial charge in [0.05, 0.1) is 34.8 Å². The molecule has 0 saturated heterocycles. The molecule has 0 saturated carbocycles. The molecule has 28 heavy (non-hydrogen) atoms. The van der Waals surface area contributed by atoms with Gasteiger partial charge in [-0.1, -0.05) is 18.2 Å². The van der Waals surface area contributed by atoms with Gasteiger partial charge >= 0.3 is 0 Å². The van der Waals surface area contributed by atoms with Crippen molar-refractivity contribution in [2.24, 2.45) is 5.73 Å². The number of rotatable bonds is 6. The first kappa shape index (κ1) is 18.2. The van der Waals surface area contributed by atoms with E-state index in [1.54, 1.807) is 23.1 Å². The van der Waals surface area contributed by atoms with Crippen LogP contribution in [0.15, 0.2) is 60.9 Å². The van der Waals surface area contributed by atoms with Gasteiger partial charge in [0.2, 0.25) is 0 Å². The first-order chi connectivity index (χ1) is 13.7. The average Bonchev–Trinajstić information content (AvgIpc) is 3.15. The molecule has 0 aliphatic rings. The fourth-order valence-corrected chi connectivity index (χ4v) is 3.27. The third-order valence-corrected chi connectivity index (χ3v) is 4.63. The summed E-state index contributed by atoms with van der Waals surface area (Å²) in [6.07, 6.45) is 4.01. The summed E-state index contributed by atoms with van der Waals surface area (Å²) < 4.78 is 16.0. The lowest BCUT2D eigenvalue weighted by Gasteiger charge is -2.16. The van der Waals surface area contributed by atoms with Crippen molar-refractivity contribution in [1.29, 1.82) is 0 Å². The molecule has 0 bridgehead atoms. The molecule has 3 N–H and O–H groups in total. The van der Waals surface area contributed by atoms with E-state index in [4.69, 9.17) is 10.8 Å². The average molecular weight is 377 g/mol. The maximum absolute atomic E-state index is 14.2. The standard InChI is InChI=1S/C21H20FN5O/c22-16-8-7-15(9-11-28)26-18(16)12-17(23)21-20(6-3-10-24-21)27-19-5-2-1-4-14(19)13-25-27/h1-8,10,13,17,28H,9,11-12,23H2. The van der Waals surface area contributed by atoms with Crippen molar-refractivity contribution in [3.8, 4) is 5.69 Å². The third-order valence-electron chi connectivity index (χ3n) is 4.63. The zero-order valence-corrected chi connectivity index (χ0v) is 15.2. The van der Waals surface area contributed by atoms with Crippen LogP contribution in [0, 0.1) is 5.82 Å². The molecule has 1 unspecified atom stereocenters. The predicted molar refractivity (Wildman–Crippen MR) is 104 cm³/mol. The van der Waals surface area contributed by atoms with Gasteiger partial charge in [0.25, 0.3) is 0 Å². The minimum Gasteiger partial charge on any atom is -0.396 e. The molecule has 142 valence electrons. The number of aliphatic hydroxyl groups excluding tert-OH is 1. The van der Waals surface area contributed by atoms with Gasteiger partial charge in [0, 0.05) is 36.7 Å². The van der Waals surface area contributed by atoms with Crippen LogP contribution >= 0.6 is 0 Å². The maximum Gasteiger partial charge on any atom is 0.144 e. The highest BCUT2D eigenvalue weighted by atomic mass is 19.1. The van der Waals surface area contributed by atoms with Gasteiger partial charge in [-0.2, -0.15) is 5.10 Å². The quantitative estimate of drug-likeness (QED) is 0.539. The molecular weight excluding hydrogens is 357 g/mol. The monoisotopic (exact) mass is 377 g/mol. The van der Waals surface area contributed by atoms with Crippen LogP contribution in [0.1, 0.15) is 23.1 Å². The number of halogens is 1. The third kappa shape index (κ3) is 3.49. The number of hydrogen-bond donors (Lipinski definition) is 2. The number of hydrogen-bond acceptors (Lipinski definition) is 5. The number of pyridine rings is 2. The lowest BCUT2D eigenvalue weighted by Crippen LogP contribution is -2.19. The van der Waals surface area contributed by atoms with Crippen molar-refractivity contribution in [3.05, 3.63) is 83.8 Å².